The van der Waals surface area contributed by atoms with Crippen molar-refractivity contribution in [2.45, 2.75) is 32.7 Å². The van der Waals surface area contributed by atoms with E-state index in [2.05, 4.69) is 29.4 Å². The summed E-state index contributed by atoms with van der Waals surface area (Å²) in [5.41, 5.74) is 0.738. The van der Waals surface area contributed by atoms with E-state index in [0.29, 0.717) is 27.9 Å². The second kappa shape index (κ2) is 7.07. The number of hydrogen-bond acceptors (Lipinski definition) is 4. The van der Waals surface area contributed by atoms with E-state index in [-0.39, 0.29) is 0 Å². The first kappa shape index (κ1) is 15.3. The molecule has 0 amide bonds. The van der Waals surface area contributed by atoms with E-state index >= 15 is 0 Å². The van der Waals surface area contributed by atoms with Crippen LogP contribution < -0.4 is 5.32 Å². The lowest BCUT2D eigenvalue weighted by molar-refractivity contribution is 0.484. The summed E-state index contributed by atoms with van der Waals surface area (Å²) in [5, 5.41) is 12.5. The average molecular weight is 314 g/mol. The molecule has 1 aromatic carbocycles. The van der Waals surface area contributed by atoms with Crippen LogP contribution in [-0.2, 0) is 6.42 Å². The number of aromatic nitrogens is 2. The predicted octanol–water partition coefficient (Wildman–Crippen LogP) is 3.97. The second-order valence-corrected chi connectivity index (χ2v) is 5.74. The molecule has 0 unspecified atom stereocenters. The highest BCUT2D eigenvalue weighted by atomic mass is 35.5. The van der Waals surface area contributed by atoms with E-state index in [9.17, 15) is 0 Å². The Hall–Kier alpha value is -1.10. The Morgan fingerprint density at radius 2 is 1.85 bits per heavy atom. The maximum absolute atomic E-state index is 5.96. The summed E-state index contributed by atoms with van der Waals surface area (Å²) in [6.45, 7) is 5.17. The van der Waals surface area contributed by atoms with Gasteiger partial charge in [0.2, 0.25) is 11.8 Å². The van der Waals surface area contributed by atoms with E-state index in [0.717, 1.165) is 24.9 Å². The topological polar surface area (TPSA) is 51.0 Å². The van der Waals surface area contributed by atoms with Gasteiger partial charge in [-0.25, -0.2) is 0 Å². The summed E-state index contributed by atoms with van der Waals surface area (Å²) < 4.78 is 5.62. The van der Waals surface area contributed by atoms with Crippen molar-refractivity contribution in [3.63, 3.8) is 0 Å². The van der Waals surface area contributed by atoms with Crippen LogP contribution in [0.2, 0.25) is 10.0 Å². The molecule has 108 valence electrons. The van der Waals surface area contributed by atoms with E-state index < -0.39 is 0 Å². The summed E-state index contributed by atoms with van der Waals surface area (Å²) in [7, 11) is 0. The molecular weight excluding hydrogens is 297 g/mol. The third kappa shape index (κ3) is 4.47. The van der Waals surface area contributed by atoms with Crippen molar-refractivity contribution < 1.29 is 4.42 Å². The summed E-state index contributed by atoms with van der Waals surface area (Å²) in [6, 6.07) is 5.67. The van der Waals surface area contributed by atoms with Gasteiger partial charge in [0.05, 0.1) is 0 Å². The van der Waals surface area contributed by atoms with Crippen LogP contribution in [0.15, 0.2) is 22.6 Å². The van der Waals surface area contributed by atoms with Crippen LogP contribution in [0.1, 0.15) is 26.2 Å². The zero-order valence-corrected chi connectivity index (χ0v) is 13.0. The fourth-order valence-corrected chi connectivity index (χ4v) is 2.30. The van der Waals surface area contributed by atoms with Crippen LogP contribution in [-0.4, -0.2) is 22.8 Å². The van der Waals surface area contributed by atoms with Gasteiger partial charge in [0.15, 0.2) is 0 Å². The minimum absolute atomic E-state index is 0.446. The first-order valence-corrected chi connectivity index (χ1v) is 7.32. The number of aryl methyl sites for hydroxylation is 1. The normalized spacial score (nSPS) is 11.2. The van der Waals surface area contributed by atoms with Crippen LogP contribution in [0.4, 0.5) is 0 Å². The lowest BCUT2D eigenvalue weighted by Gasteiger charge is -2.05. The zero-order chi connectivity index (χ0) is 14.5. The molecule has 0 fully saturated rings. The SMILES string of the molecule is CC(C)NCCCc1nnc(-c2cc(Cl)cc(Cl)c2)o1. The zero-order valence-electron chi connectivity index (χ0n) is 11.5. The third-order valence-electron chi connectivity index (χ3n) is 2.70. The van der Waals surface area contributed by atoms with Crippen molar-refractivity contribution in [2.24, 2.45) is 0 Å². The highest BCUT2D eigenvalue weighted by Crippen LogP contribution is 2.26. The van der Waals surface area contributed by atoms with Crippen molar-refractivity contribution in [2.75, 3.05) is 6.54 Å². The van der Waals surface area contributed by atoms with Crippen LogP contribution in [0.3, 0.4) is 0 Å². The molecule has 4 nitrogen and oxygen atoms in total. The molecule has 1 aromatic heterocycles. The van der Waals surface area contributed by atoms with Gasteiger partial charge in [-0.05, 0) is 31.2 Å². The van der Waals surface area contributed by atoms with Crippen LogP contribution in [0.25, 0.3) is 11.5 Å². The Morgan fingerprint density at radius 3 is 2.50 bits per heavy atom. The van der Waals surface area contributed by atoms with Crippen LogP contribution in [0.5, 0.6) is 0 Å². The highest BCUT2D eigenvalue weighted by Gasteiger charge is 2.10. The number of rotatable bonds is 6. The minimum atomic E-state index is 0.446. The van der Waals surface area contributed by atoms with Gasteiger partial charge in [-0.15, -0.1) is 10.2 Å². The maximum Gasteiger partial charge on any atom is 0.247 e. The predicted molar refractivity (Wildman–Crippen MR) is 81.2 cm³/mol. The molecule has 0 saturated heterocycles. The number of nitrogens with zero attached hydrogens (tertiary/aromatic N) is 2. The first-order valence-electron chi connectivity index (χ1n) is 6.57. The molecule has 20 heavy (non-hydrogen) atoms. The molecule has 0 bridgehead atoms. The minimum Gasteiger partial charge on any atom is -0.421 e. The lowest BCUT2D eigenvalue weighted by atomic mass is 10.2. The lowest BCUT2D eigenvalue weighted by Crippen LogP contribution is -2.23. The van der Waals surface area contributed by atoms with Crippen LogP contribution >= 0.6 is 23.2 Å². The van der Waals surface area contributed by atoms with Crippen molar-refractivity contribution in [1.29, 1.82) is 0 Å². The van der Waals surface area contributed by atoms with Crippen molar-refractivity contribution in [3.8, 4) is 11.5 Å². The van der Waals surface area contributed by atoms with E-state index in [1.165, 1.54) is 0 Å². The number of hydrogen-bond donors (Lipinski definition) is 1. The van der Waals surface area contributed by atoms with Crippen molar-refractivity contribution in [3.05, 3.63) is 34.1 Å². The fraction of sp³-hybridized carbons (Fsp3) is 0.429. The molecule has 0 spiro atoms. The Morgan fingerprint density at radius 1 is 1.15 bits per heavy atom. The van der Waals surface area contributed by atoms with Gasteiger partial charge < -0.3 is 9.73 Å². The smallest absolute Gasteiger partial charge is 0.247 e. The van der Waals surface area contributed by atoms with Crippen molar-refractivity contribution in [1.82, 2.24) is 15.5 Å². The van der Waals surface area contributed by atoms with Gasteiger partial charge in [0, 0.05) is 28.1 Å². The van der Waals surface area contributed by atoms with E-state index in [1.54, 1.807) is 18.2 Å². The van der Waals surface area contributed by atoms with Gasteiger partial charge in [0.25, 0.3) is 0 Å². The molecule has 6 heteroatoms. The molecule has 1 N–H and O–H groups in total. The molecule has 2 aromatic rings. The molecule has 0 atom stereocenters. The Balaban J connectivity index is 1.98. The largest absolute Gasteiger partial charge is 0.421 e. The Labute approximate surface area is 128 Å². The van der Waals surface area contributed by atoms with Crippen molar-refractivity contribution >= 4 is 23.2 Å². The monoisotopic (exact) mass is 313 g/mol. The second-order valence-electron chi connectivity index (χ2n) is 4.87. The van der Waals surface area contributed by atoms with E-state index in [4.69, 9.17) is 27.6 Å². The number of nitrogens with one attached hydrogen (secondary N) is 1. The maximum atomic E-state index is 5.96. The summed E-state index contributed by atoms with van der Waals surface area (Å²) in [5.74, 6) is 1.07. The molecular formula is C14H17Cl2N3O. The van der Waals surface area contributed by atoms with Crippen LogP contribution in [0, 0.1) is 0 Å². The first-order chi connectivity index (χ1) is 9.54. The highest BCUT2D eigenvalue weighted by molar-refractivity contribution is 6.35. The molecule has 0 saturated carbocycles. The van der Waals surface area contributed by atoms with Gasteiger partial charge >= 0.3 is 0 Å². The fourth-order valence-electron chi connectivity index (χ4n) is 1.78. The number of benzene rings is 1. The third-order valence-corrected chi connectivity index (χ3v) is 3.13. The molecule has 1 heterocycles. The van der Waals surface area contributed by atoms with Gasteiger partial charge in [-0.3, -0.25) is 0 Å². The quantitative estimate of drug-likeness (QED) is 0.820. The molecule has 0 aliphatic rings. The molecule has 0 aliphatic carbocycles. The van der Waals surface area contributed by atoms with E-state index in [1.807, 2.05) is 0 Å². The van der Waals surface area contributed by atoms with Gasteiger partial charge in [0.1, 0.15) is 0 Å². The summed E-state index contributed by atoms with van der Waals surface area (Å²) in [6.07, 6.45) is 1.71. The van der Waals surface area contributed by atoms with Gasteiger partial charge in [-0.1, -0.05) is 37.0 Å². The molecule has 0 radical (unpaired) electrons. The summed E-state index contributed by atoms with van der Waals surface area (Å²) in [4.78, 5) is 0. The Bertz CT molecular complexity index is 549. The standard InChI is InChI=1S/C14H17Cl2N3O/c1-9(2)17-5-3-4-13-18-19-14(20-13)10-6-11(15)8-12(16)7-10/h6-9,17H,3-5H2,1-2H3. The Kier molecular flexibility index (Phi) is 5.40. The average Bonchev–Trinajstić information content (AvgIpc) is 2.82. The molecule has 0 aliphatic heterocycles. The number of halogens is 2. The molecule has 2 rings (SSSR count). The summed E-state index contributed by atoms with van der Waals surface area (Å²) >= 11 is 11.9. The van der Waals surface area contributed by atoms with Gasteiger partial charge in [-0.2, -0.15) is 0 Å².